The zero-order valence-electron chi connectivity index (χ0n) is 10.9. The van der Waals surface area contributed by atoms with E-state index in [1.165, 1.54) is 0 Å². The van der Waals surface area contributed by atoms with Crippen molar-refractivity contribution >= 4 is 34.8 Å². The summed E-state index contributed by atoms with van der Waals surface area (Å²) in [7, 11) is 0. The molecule has 0 aliphatic carbocycles. The molecule has 0 spiro atoms. The molecule has 2 rings (SSSR count). The number of hydrogen-bond acceptors (Lipinski definition) is 3. The van der Waals surface area contributed by atoms with Crippen LogP contribution in [0.1, 0.15) is 24.2 Å². The maximum atomic E-state index is 6.23. The van der Waals surface area contributed by atoms with Crippen molar-refractivity contribution in [1.82, 2.24) is 15.3 Å². The lowest BCUT2D eigenvalue weighted by molar-refractivity contribution is 0.537. The van der Waals surface area contributed by atoms with E-state index in [0.29, 0.717) is 21.5 Å². The van der Waals surface area contributed by atoms with Gasteiger partial charge in [0.15, 0.2) is 0 Å². The van der Waals surface area contributed by atoms with Crippen molar-refractivity contribution in [2.24, 2.45) is 0 Å². The van der Waals surface area contributed by atoms with Crippen LogP contribution in [0.4, 0.5) is 0 Å². The Morgan fingerprint density at radius 1 is 1.20 bits per heavy atom. The molecule has 2 aromatic rings. The van der Waals surface area contributed by atoms with Crippen LogP contribution in [0.5, 0.6) is 0 Å². The topological polar surface area (TPSA) is 37.8 Å². The van der Waals surface area contributed by atoms with E-state index in [1.54, 1.807) is 24.7 Å². The maximum Gasteiger partial charge on any atom is 0.0763 e. The molecule has 2 aromatic heterocycles. The Hall–Kier alpha value is -0.870. The van der Waals surface area contributed by atoms with Crippen molar-refractivity contribution in [1.29, 1.82) is 0 Å². The molecule has 2 heterocycles. The number of hydrogen-bond donors (Lipinski definition) is 1. The van der Waals surface area contributed by atoms with E-state index in [9.17, 15) is 0 Å². The van der Waals surface area contributed by atoms with Crippen LogP contribution in [0.15, 0.2) is 30.7 Å². The maximum absolute atomic E-state index is 6.23. The Morgan fingerprint density at radius 3 is 2.65 bits per heavy atom. The minimum atomic E-state index is -0.0235. The molecule has 0 radical (unpaired) electrons. The number of nitrogens with zero attached hydrogens (tertiary/aromatic N) is 2. The number of aromatic nitrogens is 2. The van der Waals surface area contributed by atoms with Gasteiger partial charge in [-0.05, 0) is 30.7 Å². The SMILES string of the molecule is CCNC(Cc1ccncc1Cl)c1ncc(Cl)cc1Cl. The number of nitrogens with one attached hydrogen (secondary N) is 1. The molecule has 0 fully saturated rings. The van der Waals surface area contributed by atoms with Crippen molar-refractivity contribution in [3.63, 3.8) is 0 Å². The summed E-state index contributed by atoms with van der Waals surface area (Å²) in [5.74, 6) is 0. The van der Waals surface area contributed by atoms with Gasteiger partial charge in [0.1, 0.15) is 0 Å². The lowest BCUT2D eigenvalue weighted by Gasteiger charge is -2.19. The van der Waals surface area contributed by atoms with E-state index in [4.69, 9.17) is 34.8 Å². The lowest BCUT2D eigenvalue weighted by Crippen LogP contribution is -2.24. The van der Waals surface area contributed by atoms with Gasteiger partial charge in [0.2, 0.25) is 0 Å². The predicted molar refractivity (Wildman–Crippen MR) is 83.6 cm³/mol. The molecule has 0 aliphatic rings. The van der Waals surface area contributed by atoms with Crippen molar-refractivity contribution in [2.45, 2.75) is 19.4 Å². The average Bonchev–Trinajstić information content (AvgIpc) is 2.41. The molecule has 1 atom stereocenters. The first-order chi connectivity index (χ1) is 9.61. The average molecular weight is 331 g/mol. The van der Waals surface area contributed by atoms with Crippen LogP contribution in [0.2, 0.25) is 15.1 Å². The zero-order valence-corrected chi connectivity index (χ0v) is 13.2. The molecule has 0 amide bonds. The minimum Gasteiger partial charge on any atom is -0.309 e. The lowest BCUT2D eigenvalue weighted by atomic mass is 10.0. The van der Waals surface area contributed by atoms with Gasteiger partial charge in [-0.25, -0.2) is 0 Å². The van der Waals surface area contributed by atoms with E-state index in [-0.39, 0.29) is 6.04 Å². The monoisotopic (exact) mass is 329 g/mol. The summed E-state index contributed by atoms with van der Waals surface area (Å²) in [6.07, 6.45) is 5.64. The summed E-state index contributed by atoms with van der Waals surface area (Å²) in [6.45, 7) is 2.83. The molecule has 1 N–H and O–H groups in total. The fourth-order valence-corrected chi connectivity index (χ4v) is 2.69. The summed E-state index contributed by atoms with van der Waals surface area (Å²) >= 11 is 18.3. The Bertz CT molecular complexity index is 590. The molecule has 0 bridgehead atoms. The number of pyridine rings is 2. The highest BCUT2D eigenvalue weighted by molar-refractivity contribution is 6.34. The third-order valence-electron chi connectivity index (χ3n) is 2.90. The third kappa shape index (κ3) is 3.83. The number of halogens is 3. The van der Waals surface area contributed by atoms with Crippen molar-refractivity contribution in [3.8, 4) is 0 Å². The summed E-state index contributed by atoms with van der Waals surface area (Å²) in [5, 5.41) is 5.08. The van der Waals surface area contributed by atoms with Crippen molar-refractivity contribution in [3.05, 3.63) is 57.0 Å². The second-order valence-electron chi connectivity index (χ2n) is 4.30. The van der Waals surface area contributed by atoms with Crippen LogP contribution < -0.4 is 5.32 Å². The van der Waals surface area contributed by atoms with Gasteiger partial charge in [-0.1, -0.05) is 41.7 Å². The summed E-state index contributed by atoms with van der Waals surface area (Å²) in [5.41, 5.74) is 1.77. The van der Waals surface area contributed by atoms with Crippen LogP contribution in [-0.4, -0.2) is 16.5 Å². The molecule has 3 nitrogen and oxygen atoms in total. The standard InChI is InChI=1S/C14H14Cl3N3/c1-2-19-13(5-9-3-4-18-8-12(9)17)14-11(16)6-10(15)7-20-14/h3-4,6-8,13,19H,2,5H2,1H3. The normalized spacial score (nSPS) is 12.4. The summed E-state index contributed by atoms with van der Waals surface area (Å²) in [6, 6.07) is 3.57. The first kappa shape index (κ1) is 15.5. The molecule has 1 unspecified atom stereocenters. The van der Waals surface area contributed by atoms with Gasteiger partial charge < -0.3 is 5.32 Å². The van der Waals surface area contributed by atoms with Crippen LogP contribution in [-0.2, 0) is 6.42 Å². The third-order valence-corrected chi connectivity index (χ3v) is 3.75. The first-order valence-electron chi connectivity index (χ1n) is 6.24. The van der Waals surface area contributed by atoms with Crippen LogP contribution in [0, 0.1) is 0 Å². The van der Waals surface area contributed by atoms with E-state index >= 15 is 0 Å². The van der Waals surface area contributed by atoms with Gasteiger partial charge in [-0.3, -0.25) is 9.97 Å². The first-order valence-corrected chi connectivity index (χ1v) is 7.38. The Morgan fingerprint density at radius 2 is 2.00 bits per heavy atom. The molecule has 6 heteroatoms. The second-order valence-corrected chi connectivity index (χ2v) is 5.55. The van der Waals surface area contributed by atoms with E-state index in [1.807, 2.05) is 13.0 Å². The highest BCUT2D eigenvalue weighted by atomic mass is 35.5. The van der Waals surface area contributed by atoms with E-state index in [2.05, 4.69) is 15.3 Å². The number of likely N-dealkylation sites (N-methyl/N-ethyl adjacent to an activating group) is 1. The molecule has 20 heavy (non-hydrogen) atoms. The second kappa shape index (κ2) is 7.23. The van der Waals surface area contributed by atoms with Gasteiger partial charge in [0.05, 0.1) is 26.8 Å². The van der Waals surface area contributed by atoms with Crippen LogP contribution >= 0.6 is 34.8 Å². The molecule has 0 aliphatic heterocycles. The van der Waals surface area contributed by atoms with Crippen LogP contribution in [0.3, 0.4) is 0 Å². The Balaban J connectivity index is 2.29. The quantitative estimate of drug-likeness (QED) is 0.886. The van der Waals surface area contributed by atoms with E-state index < -0.39 is 0 Å². The fourth-order valence-electron chi connectivity index (χ4n) is 1.98. The zero-order chi connectivity index (χ0) is 14.5. The largest absolute Gasteiger partial charge is 0.309 e. The highest BCUT2D eigenvalue weighted by Crippen LogP contribution is 2.28. The highest BCUT2D eigenvalue weighted by Gasteiger charge is 2.17. The Kier molecular flexibility index (Phi) is 5.61. The Labute approximate surface area is 133 Å². The van der Waals surface area contributed by atoms with Crippen LogP contribution in [0.25, 0.3) is 0 Å². The van der Waals surface area contributed by atoms with Gasteiger partial charge in [0.25, 0.3) is 0 Å². The van der Waals surface area contributed by atoms with E-state index in [0.717, 1.165) is 17.8 Å². The smallest absolute Gasteiger partial charge is 0.0763 e. The predicted octanol–water partition coefficient (Wildman–Crippen LogP) is 4.33. The van der Waals surface area contributed by atoms with Crippen molar-refractivity contribution in [2.75, 3.05) is 6.54 Å². The van der Waals surface area contributed by atoms with Gasteiger partial charge in [-0.2, -0.15) is 0 Å². The van der Waals surface area contributed by atoms with Gasteiger partial charge >= 0.3 is 0 Å². The van der Waals surface area contributed by atoms with Gasteiger partial charge in [-0.15, -0.1) is 0 Å². The molecule has 0 saturated heterocycles. The fraction of sp³-hybridized carbons (Fsp3) is 0.286. The molecule has 0 aromatic carbocycles. The molecule has 0 saturated carbocycles. The summed E-state index contributed by atoms with van der Waals surface area (Å²) < 4.78 is 0. The number of rotatable bonds is 5. The van der Waals surface area contributed by atoms with Gasteiger partial charge in [0, 0.05) is 18.6 Å². The summed E-state index contributed by atoms with van der Waals surface area (Å²) in [4.78, 5) is 8.33. The molecular weight excluding hydrogens is 317 g/mol. The molecular formula is C14H14Cl3N3. The molecule has 106 valence electrons. The van der Waals surface area contributed by atoms with Crippen molar-refractivity contribution < 1.29 is 0 Å². The minimum absolute atomic E-state index is 0.0235.